The molecule has 0 radical (unpaired) electrons. The molecule has 128 valence electrons. The summed E-state index contributed by atoms with van der Waals surface area (Å²) < 4.78 is 14.4. The van der Waals surface area contributed by atoms with E-state index >= 15 is 0 Å². The van der Waals surface area contributed by atoms with Gasteiger partial charge in [-0.1, -0.05) is 18.2 Å². The van der Waals surface area contributed by atoms with Crippen molar-refractivity contribution in [2.45, 2.75) is 24.5 Å². The van der Waals surface area contributed by atoms with E-state index in [4.69, 9.17) is 5.26 Å². The van der Waals surface area contributed by atoms with E-state index in [2.05, 4.69) is 6.07 Å². The molecule has 0 N–H and O–H groups in total. The molecule has 1 aliphatic rings. The monoisotopic (exact) mass is 354 g/mol. The predicted molar refractivity (Wildman–Crippen MR) is 100 cm³/mol. The van der Waals surface area contributed by atoms with Gasteiger partial charge in [-0.2, -0.15) is 5.26 Å². The van der Waals surface area contributed by atoms with Crippen molar-refractivity contribution in [1.29, 1.82) is 5.26 Å². The van der Waals surface area contributed by atoms with Gasteiger partial charge in [-0.15, -0.1) is 11.8 Å². The summed E-state index contributed by atoms with van der Waals surface area (Å²) in [6.45, 7) is 0. The molecule has 2 aromatic rings. The van der Waals surface area contributed by atoms with E-state index in [-0.39, 0.29) is 17.0 Å². The molecule has 0 aromatic heterocycles. The summed E-state index contributed by atoms with van der Waals surface area (Å²) in [5, 5.41) is 8.80. The number of halogens is 1. The van der Waals surface area contributed by atoms with Crippen LogP contribution in [0.15, 0.2) is 36.4 Å². The number of fused-ring (bicyclic) bond motifs is 1. The maximum Gasteiger partial charge on any atom is 0.227 e. The van der Waals surface area contributed by atoms with Gasteiger partial charge in [0, 0.05) is 25.6 Å². The molecule has 1 unspecified atom stereocenters. The third kappa shape index (κ3) is 3.54. The van der Waals surface area contributed by atoms with Crippen molar-refractivity contribution in [3.63, 3.8) is 0 Å². The summed E-state index contributed by atoms with van der Waals surface area (Å²) in [6, 6.07) is 13.2. The molecule has 0 saturated heterocycles. The van der Waals surface area contributed by atoms with Crippen molar-refractivity contribution in [2.24, 2.45) is 0 Å². The van der Waals surface area contributed by atoms with Crippen LogP contribution in [-0.2, 0) is 17.6 Å². The standard InChI is InChI=1S/C20H19FN2OS/c1-23-19-7-5-13(9-16(19)6-8-20(23)24)14-3-4-15(18(21)11-14)10-17(12-22)25-2/h3-5,7,9,11,17H,6,8,10H2,1-2H3. The summed E-state index contributed by atoms with van der Waals surface area (Å²) in [5.74, 6) is -0.159. The fraction of sp³-hybridized carbons (Fsp3) is 0.300. The highest BCUT2D eigenvalue weighted by molar-refractivity contribution is 7.99. The second-order valence-electron chi connectivity index (χ2n) is 6.16. The summed E-state index contributed by atoms with van der Waals surface area (Å²) in [5.41, 5.74) is 4.34. The number of nitriles is 1. The first-order chi connectivity index (χ1) is 12.0. The van der Waals surface area contributed by atoms with Crippen LogP contribution in [0.1, 0.15) is 17.5 Å². The molecular formula is C20H19FN2OS. The molecule has 3 nitrogen and oxygen atoms in total. The second kappa shape index (κ2) is 7.28. The minimum atomic E-state index is -0.281. The Labute approximate surface area is 151 Å². The van der Waals surface area contributed by atoms with Crippen LogP contribution < -0.4 is 4.90 Å². The number of hydrogen-bond acceptors (Lipinski definition) is 3. The largest absolute Gasteiger partial charge is 0.315 e. The zero-order valence-corrected chi connectivity index (χ0v) is 15.1. The molecule has 0 bridgehead atoms. The minimum Gasteiger partial charge on any atom is -0.315 e. The number of carbonyl (C=O) groups is 1. The van der Waals surface area contributed by atoms with E-state index in [1.807, 2.05) is 30.5 Å². The fourth-order valence-electron chi connectivity index (χ4n) is 3.11. The maximum atomic E-state index is 14.4. The maximum absolute atomic E-state index is 14.4. The van der Waals surface area contributed by atoms with Gasteiger partial charge < -0.3 is 4.90 Å². The lowest BCUT2D eigenvalue weighted by atomic mass is 9.95. The van der Waals surface area contributed by atoms with Crippen molar-refractivity contribution >= 4 is 23.4 Å². The molecule has 25 heavy (non-hydrogen) atoms. The lowest BCUT2D eigenvalue weighted by Crippen LogP contribution is -2.30. The molecule has 0 fully saturated rings. The zero-order chi connectivity index (χ0) is 18.0. The molecule has 5 heteroatoms. The summed E-state index contributed by atoms with van der Waals surface area (Å²) >= 11 is 1.43. The van der Waals surface area contributed by atoms with Crippen LogP contribution in [0.5, 0.6) is 0 Å². The zero-order valence-electron chi connectivity index (χ0n) is 14.3. The van der Waals surface area contributed by atoms with Crippen molar-refractivity contribution < 1.29 is 9.18 Å². The fourth-order valence-corrected chi connectivity index (χ4v) is 3.56. The number of aryl methyl sites for hydroxylation is 1. The van der Waals surface area contributed by atoms with Crippen LogP contribution in [0.4, 0.5) is 10.1 Å². The third-order valence-electron chi connectivity index (χ3n) is 4.64. The van der Waals surface area contributed by atoms with Crippen molar-refractivity contribution in [3.8, 4) is 17.2 Å². The first-order valence-electron chi connectivity index (χ1n) is 8.14. The predicted octanol–water partition coefficient (Wildman–Crippen LogP) is 4.20. The molecule has 0 saturated carbocycles. The molecule has 1 atom stereocenters. The average molecular weight is 354 g/mol. The highest BCUT2D eigenvalue weighted by Gasteiger charge is 2.21. The van der Waals surface area contributed by atoms with Gasteiger partial charge in [0.2, 0.25) is 5.91 Å². The van der Waals surface area contributed by atoms with E-state index in [1.165, 1.54) is 17.8 Å². The molecule has 3 rings (SSSR count). The number of amides is 1. The molecular weight excluding hydrogens is 335 g/mol. The van der Waals surface area contributed by atoms with Gasteiger partial charge in [0.1, 0.15) is 5.82 Å². The lowest BCUT2D eigenvalue weighted by Gasteiger charge is -2.26. The minimum absolute atomic E-state index is 0.122. The number of carbonyl (C=O) groups excluding carboxylic acids is 1. The summed E-state index contributed by atoms with van der Waals surface area (Å²) in [6.07, 6.45) is 3.48. The van der Waals surface area contributed by atoms with E-state index in [0.29, 0.717) is 24.8 Å². The van der Waals surface area contributed by atoms with Crippen molar-refractivity contribution in [2.75, 3.05) is 18.2 Å². The molecule has 1 heterocycles. The Morgan fingerprint density at radius 2 is 1.96 bits per heavy atom. The van der Waals surface area contributed by atoms with Crippen LogP contribution in [0.25, 0.3) is 11.1 Å². The smallest absolute Gasteiger partial charge is 0.227 e. The van der Waals surface area contributed by atoms with Gasteiger partial charge in [-0.25, -0.2) is 4.39 Å². The van der Waals surface area contributed by atoms with Gasteiger partial charge in [0.25, 0.3) is 0 Å². The van der Waals surface area contributed by atoms with Crippen LogP contribution in [0.3, 0.4) is 0 Å². The molecule has 1 amide bonds. The van der Waals surface area contributed by atoms with Gasteiger partial charge in [0.15, 0.2) is 0 Å². The average Bonchev–Trinajstić information content (AvgIpc) is 2.63. The molecule has 0 spiro atoms. The summed E-state index contributed by atoms with van der Waals surface area (Å²) in [7, 11) is 1.78. The van der Waals surface area contributed by atoms with E-state index < -0.39 is 0 Å². The normalized spacial score (nSPS) is 14.8. The van der Waals surface area contributed by atoms with Crippen LogP contribution >= 0.6 is 11.8 Å². The van der Waals surface area contributed by atoms with E-state index in [0.717, 1.165) is 22.4 Å². The number of benzene rings is 2. The summed E-state index contributed by atoms with van der Waals surface area (Å²) in [4.78, 5) is 13.5. The number of hydrogen-bond donors (Lipinski definition) is 0. The van der Waals surface area contributed by atoms with Gasteiger partial charge in [-0.05, 0) is 53.1 Å². The Morgan fingerprint density at radius 3 is 2.64 bits per heavy atom. The Kier molecular flexibility index (Phi) is 5.10. The Hall–Kier alpha value is -2.32. The topological polar surface area (TPSA) is 44.1 Å². The molecule has 2 aromatic carbocycles. The third-order valence-corrected chi connectivity index (χ3v) is 5.48. The highest BCUT2D eigenvalue weighted by atomic mass is 32.2. The molecule has 1 aliphatic heterocycles. The van der Waals surface area contributed by atoms with E-state index in [1.54, 1.807) is 18.0 Å². The highest BCUT2D eigenvalue weighted by Crippen LogP contribution is 2.32. The quantitative estimate of drug-likeness (QED) is 0.826. The number of nitrogens with zero attached hydrogens (tertiary/aromatic N) is 2. The van der Waals surface area contributed by atoms with Crippen LogP contribution in [0.2, 0.25) is 0 Å². The van der Waals surface area contributed by atoms with Crippen molar-refractivity contribution in [3.05, 3.63) is 53.3 Å². The Bertz CT molecular complexity index is 859. The Morgan fingerprint density at radius 1 is 1.24 bits per heavy atom. The van der Waals surface area contributed by atoms with Crippen LogP contribution in [-0.4, -0.2) is 24.5 Å². The van der Waals surface area contributed by atoms with Crippen LogP contribution in [0, 0.1) is 17.1 Å². The number of thioether (sulfide) groups is 1. The van der Waals surface area contributed by atoms with E-state index in [9.17, 15) is 9.18 Å². The lowest BCUT2D eigenvalue weighted by molar-refractivity contribution is -0.118. The van der Waals surface area contributed by atoms with Gasteiger partial charge in [-0.3, -0.25) is 4.79 Å². The number of rotatable bonds is 4. The van der Waals surface area contributed by atoms with Crippen molar-refractivity contribution in [1.82, 2.24) is 0 Å². The molecule has 0 aliphatic carbocycles. The van der Waals surface area contributed by atoms with Gasteiger partial charge >= 0.3 is 0 Å². The SMILES string of the molecule is CSC(C#N)Cc1ccc(-c2ccc3c(c2)CCC(=O)N3C)cc1F. The van der Waals surface area contributed by atoms with Gasteiger partial charge in [0.05, 0.1) is 11.3 Å². The number of anilines is 1. The Balaban J connectivity index is 1.89. The first kappa shape index (κ1) is 17.5. The second-order valence-corrected chi connectivity index (χ2v) is 7.20. The first-order valence-corrected chi connectivity index (χ1v) is 9.43.